The zero-order valence-electron chi connectivity index (χ0n) is 9.27. The van der Waals surface area contributed by atoms with Gasteiger partial charge in [0.25, 0.3) is 0 Å². The molecule has 0 spiro atoms. The second-order valence-corrected chi connectivity index (χ2v) is 4.40. The Hall–Kier alpha value is -1.29. The van der Waals surface area contributed by atoms with Crippen molar-refractivity contribution >= 4 is 5.97 Å². The number of aliphatic hydroxyl groups is 1. The number of carboxylic acid groups (broad SMARTS) is 1. The number of carboxylic acids is 1. The number of hydrogen-bond acceptors (Lipinski definition) is 3. The van der Waals surface area contributed by atoms with Crippen LogP contribution in [0.1, 0.15) is 25.7 Å². The summed E-state index contributed by atoms with van der Waals surface area (Å²) in [5, 5.41) is 19.4. The molecule has 0 amide bonds. The monoisotopic (exact) mass is 224 g/mol. The molecular weight excluding hydrogens is 208 g/mol. The first kappa shape index (κ1) is 11.2. The molecule has 2 N–H and O–H groups in total. The van der Waals surface area contributed by atoms with Crippen molar-refractivity contribution in [3.05, 3.63) is 23.5 Å². The van der Waals surface area contributed by atoms with E-state index >= 15 is 0 Å². The van der Waals surface area contributed by atoms with Crippen molar-refractivity contribution < 1.29 is 19.7 Å². The first-order chi connectivity index (χ1) is 7.58. The van der Waals surface area contributed by atoms with Gasteiger partial charge in [0, 0.05) is 0 Å². The van der Waals surface area contributed by atoms with Gasteiger partial charge in [0.2, 0.25) is 0 Å². The molecule has 2 aliphatic carbocycles. The molecule has 2 rings (SSSR count). The highest BCUT2D eigenvalue weighted by atomic mass is 16.5. The first-order valence-corrected chi connectivity index (χ1v) is 5.50. The normalized spacial score (nSPS) is 33.5. The highest BCUT2D eigenvalue weighted by molar-refractivity contribution is 5.82. The number of aliphatic carboxylic acids is 1. The Balaban J connectivity index is 2.38. The number of fused-ring (bicyclic) bond motifs is 1. The maximum absolute atomic E-state index is 11.2. The van der Waals surface area contributed by atoms with Crippen molar-refractivity contribution in [1.82, 2.24) is 0 Å². The molecule has 0 bridgehead atoms. The smallest absolute Gasteiger partial charge is 0.340 e. The average Bonchev–Trinajstić information content (AvgIpc) is 2.29. The van der Waals surface area contributed by atoms with Gasteiger partial charge in [-0.2, -0.15) is 0 Å². The summed E-state index contributed by atoms with van der Waals surface area (Å²) < 4.78 is 5.09. The molecule has 0 aromatic rings. The zero-order valence-corrected chi connectivity index (χ0v) is 9.27. The van der Waals surface area contributed by atoms with Gasteiger partial charge in [-0.15, -0.1) is 0 Å². The molecule has 16 heavy (non-hydrogen) atoms. The van der Waals surface area contributed by atoms with Crippen LogP contribution in [0.15, 0.2) is 23.5 Å². The standard InChI is InChI=1S/C12H16O4/c1-16-9-5-4-8-3-2-6-12(15,11(13)14)10(8)7-9/h5,7-8,15H,2-4,6H2,1H3,(H,13,14). The minimum atomic E-state index is -1.69. The summed E-state index contributed by atoms with van der Waals surface area (Å²) in [4.78, 5) is 11.2. The van der Waals surface area contributed by atoms with Crippen LogP contribution in [0.2, 0.25) is 0 Å². The van der Waals surface area contributed by atoms with Crippen LogP contribution in [0.5, 0.6) is 0 Å². The summed E-state index contributed by atoms with van der Waals surface area (Å²) in [5.74, 6) is -0.359. The molecule has 4 heteroatoms. The summed E-state index contributed by atoms with van der Waals surface area (Å²) in [5.41, 5.74) is -1.09. The van der Waals surface area contributed by atoms with Crippen molar-refractivity contribution in [2.24, 2.45) is 5.92 Å². The number of rotatable bonds is 2. The largest absolute Gasteiger partial charge is 0.497 e. The molecule has 88 valence electrons. The lowest BCUT2D eigenvalue weighted by Gasteiger charge is -2.38. The summed E-state index contributed by atoms with van der Waals surface area (Å²) in [6, 6.07) is 0. The fourth-order valence-corrected chi connectivity index (χ4v) is 2.57. The van der Waals surface area contributed by atoms with Crippen LogP contribution in [-0.2, 0) is 9.53 Å². The summed E-state index contributed by atoms with van der Waals surface area (Å²) in [6.07, 6.45) is 6.37. The van der Waals surface area contributed by atoms with Crippen LogP contribution in [-0.4, -0.2) is 28.9 Å². The topological polar surface area (TPSA) is 66.8 Å². The Kier molecular flexibility index (Phi) is 2.76. The van der Waals surface area contributed by atoms with Gasteiger partial charge in [0.1, 0.15) is 5.76 Å². The van der Waals surface area contributed by atoms with E-state index in [2.05, 4.69) is 0 Å². The van der Waals surface area contributed by atoms with Crippen molar-refractivity contribution in [3.8, 4) is 0 Å². The summed E-state index contributed by atoms with van der Waals surface area (Å²) in [7, 11) is 1.55. The Bertz CT molecular complexity index is 369. The molecule has 0 heterocycles. The van der Waals surface area contributed by atoms with Crippen LogP contribution in [0.4, 0.5) is 0 Å². The fourth-order valence-electron chi connectivity index (χ4n) is 2.57. The lowest BCUT2D eigenvalue weighted by atomic mass is 9.70. The third-order valence-corrected chi connectivity index (χ3v) is 3.50. The highest BCUT2D eigenvalue weighted by Crippen LogP contribution is 2.42. The van der Waals surface area contributed by atoms with Crippen LogP contribution in [0.3, 0.4) is 0 Å². The quantitative estimate of drug-likeness (QED) is 0.745. The van der Waals surface area contributed by atoms with Gasteiger partial charge in [-0.25, -0.2) is 4.79 Å². The fraction of sp³-hybridized carbons (Fsp3) is 0.583. The van der Waals surface area contributed by atoms with E-state index in [1.165, 1.54) is 0 Å². The second-order valence-electron chi connectivity index (χ2n) is 4.40. The van der Waals surface area contributed by atoms with Crippen LogP contribution in [0.25, 0.3) is 0 Å². The number of carbonyl (C=O) groups is 1. The number of ether oxygens (including phenoxy) is 1. The molecule has 0 aliphatic heterocycles. The van der Waals surface area contributed by atoms with E-state index in [1.54, 1.807) is 13.2 Å². The van der Waals surface area contributed by atoms with Gasteiger partial charge in [0.15, 0.2) is 5.60 Å². The number of allylic oxidation sites excluding steroid dienone is 2. The molecule has 2 aliphatic rings. The summed E-state index contributed by atoms with van der Waals surface area (Å²) in [6.45, 7) is 0. The lowest BCUT2D eigenvalue weighted by molar-refractivity contribution is -0.157. The van der Waals surface area contributed by atoms with Gasteiger partial charge >= 0.3 is 5.97 Å². The Morgan fingerprint density at radius 2 is 2.38 bits per heavy atom. The Morgan fingerprint density at radius 3 is 3.00 bits per heavy atom. The van der Waals surface area contributed by atoms with E-state index in [0.29, 0.717) is 17.8 Å². The summed E-state index contributed by atoms with van der Waals surface area (Å²) >= 11 is 0. The molecule has 2 unspecified atom stereocenters. The predicted octanol–water partition coefficient (Wildman–Crippen LogP) is 1.46. The number of methoxy groups -OCH3 is 1. The van der Waals surface area contributed by atoms with Crippen LogP contribution >= 0.6 is 0 Å². The van der Waals surface area contributed by atoms with E-state index < -0.39 is 11.6 Å². The molecule has 4 nitrogen and oxygen atoms in total. The van der Waals surface area contributed by atoms with Gasteiger partial charge in [0.05, 0.1) is 7.11 Å². The van der Waals surface area contributed by atoms with Crippen LogP contribution < -0.4 is 0 Å². The van der Waals surface area contributed by atoms with Crippen molar-refractivity contribution in [1.29, 1.82) is 0 Å². The number of hydrogen-bond donors (Lipinski definition) is 2. The highest BCUT2D eigenvalue weighted by Gasteiger charge is 2.46. The Morgan fingerprint density at radius 1 is 1.62 bits per heavy atom. The maximum Gasteiger partial charge on any atom is 0.340 e. The van der Waals surface area contributed by atoms with E-state index in [-0.39, 0.29) is 5.92 Å². The van der Waals surface area contributed by atoms with Gasteiger partial charge in [-0.1, -0.05) is 0 Å². The molecule has 2 atom stereocenters. The van der Waals surface area contributed by atoms with Gasteiger partial charge in [-0.05, 0) is 49.3 Å². The SMILES string of the molecule is COC1=CCC2CCCC(O)(C(=O)O)C2=C1. The first-order valence-electron chi connectivity index (χ1n) is 5.50. The Labute approximate surface area is 94.2 Å². The second kappa shape index (κ2) is 3.94. The minimum Gasteiger partial charge on any atom is -0.497 e. The molecule has 0 radical (unpaired) electrons. The lowest BCUT2D eigenvalue weighted by Crippen LogP contribution is -2.46. The van der Waals surface area contributed by atoms with E-state index in [0.717, 1.165) is 19.3 Å². The van der Waals surface area contributed by atoms with Gasteiger partial charge in [-0.3, -0.25) is 0 Å². The zero-order chi connectivity index (χ0) is 11.8. The molecular formula is C12H16O4. The predicted molar refractivity (Wildman–Crippen MR) is 57.7 cm³/mol. The van der Waals surface area contributed by atoms with E-state index in [1.807, 2.05) is 6.08 Å². The van der Waals surface area contributed by atoms with Gasteiger partial charge < -0.3 is 14.9 Å². The molecule has 1 saturated carbocycles. The minimum absolute atomic E-state index is 0.147. The molecule has 0 aromatic heterocycles. The third kappa shape index (κ3) is 1.63. The van der Waals surface area contributed by atoms with Crippen molar-refractivity contribution in [3.63, 3.8) is 0 Å². The van der Waals surface area contributed by atoms with E-state index in [9.17, 15) is 9.90 Å². The maximum atomic E-state index is 11.2. The molecule has 0 aromatic carbocycles. The van der Waals surface area contributed by atoms with E-state index in [4.69, 9.17) is 9.84 Å². The van der Waals surface area contributed by atoms with Crippen molar-refractivity contribution in [2.75, 3.05) is 7.11 Å². The average molecular weight is 224 g/mol. The van der Waals surface area contributed by atoms with Crippen LogP contribution in [0, 0.1) is 5.92 Å². The molecule has 1 fully saturated rings. The van der Waals surface area contributed by atoms with Crippen molar-refractivity contribution in [2.45, 2.75) is 31.3 Å². The third-order valence-electron chi connectivity index (χ3n) is 3.50. The molecule has 0 saturated heterocycles.